The number of nitrogens with one attached hydrogen (secondary N) is 2. The van der Waals surface area contributed by atoms with Gasteiger partial charge in [0.15, 0.2) is 5.78 Å². The van der Waals surface area contributed by atoms with Crippen LogP contribution in [0.1, 0.15) is 112 Å². The standard InChI is InChI=1S/C48H71N3O8/c1-6-7-28-8-11-31-27(3)40(59-35(31)12-9-28)42(56)44(5,57)36-15-17-48(58)41-38(51-23-26(2)52)39(55)32-20-33(53)34(54)22-46(32)25-45(30-10-13-37(49)50-24-30)16-14-29(21-43(36,48)4)47(41,46)19-18-45/h10,13-14,16,18-19,24,26-29,31-37,40,42,50-54,56-58H,6-9,11-12,15,17,20-23,25,49H2,1-5H3. The second-order valence-corrected chi connectivity index (χ2v) is 21.4. The van der Waals surface area contributed by atoms with Crippen molar-refractivity contribution in [1.82, 2.24) is 10.6 Å². The smallest absolute Gasteiger partial charge is 0.182 e. The van der Waals surface area contributed by atoms with E-state index in [0.717, 1.165) is 31.3 Å². The summed E-state index contributed by atoms with van der Waals surface area (Å²) in [4.78, 5) is 15.4. The van der Waals surface area contributed by atoms with Crippen molar-refractivity contribution in [2.45, 2.75) is 166 Å². The Morgan fingerprint density at radius 3 is 2.54 bits per heavy atom. The fraction of sp³-hybridized carbons (Fsp3) is 0.771. The van der Waals surface area contributed by atoms with E-state index in [1.54, 1.807) is 13.8 Å². The van der Waals surface area contributed by atoms with Gasteiger partial charge in [0.25, 0.3) is 0 Å². The molecule has 4 saturated carbocycles. The Labute approximate surface area is 350 Å². The van der Waals surface area contributed by atoms with Crippen LogP contribution in [0.15, 0.2) is 59.5 Å². The largest absolute Gasteiger partial charge is 0.392 e. The highest BCUT2D eigenvalue weighted by Crippen LogP contribution is 2.80. The minimum Gasteiger partial charge on any atom is -0.392 e. The molecule has 0 aromatic heterocycles. The molecule has 5 fully saturated rings. The Morgan fingerprint density at radius 1 is 1.07 bits per heavy atom. The number of dihydropyridines is 1. The number of nitrogens with two attached hydrogens (primary N) is 1. The first-order valence-electron chi connectivity index (χ1n) is 23.0. The van der Waals surface area contributed by atoms with Crippen LogP contribution < -0.4 is 16.4 Å². The zero-order chi connectivity index (χ0) is 42.1. The van der Waals surface area contributed by atoms with Gasteiger partial charge in [0.1, 0.15) is 6.10 Å². The Bertz CT molecular complexity index is 1860. The molecule has 0 aromatic rings. The predicted molar refractivity (Wildman–Crippen MR) is 224 cm³/mol. The van der Waals surface area contributed by atoms with Gasteiger partial charge in [-0.15, -0.1) is 0 Å². The van der Waals surface area contributed by atoms with Crippen molar-refractivity contribution < 1.29 is 40.2 Å². The molecule has 1 saturated heterocycles. The van der Waals surface area contributed by atoms with Crippen LogP contribution in [0.3, 0.4) is 0 Å². The van der Waals surface area contributed by atoms with E-state index in [-0.39, 0.29) is 61.4 Å². The summed E-state index contributed by atoms with van der Waals surface area (Å²) in [5.74, 6) is -0.683. The summed E-state index contributed by atoms with van der Waals surface area (Å²) >= 11 is 0. The fourth-order valence-electron chi connectivity index (χ4n) is 15.5. The number of fused-ring (bicyclic) bond motifs is 3. The lowest BCUT2D eigenvalue weighted by molar-refractivity contribution is -0.215. The molecule has 2 aliphatic heterocycles. The minimum absolute atomic E-state index is 0.0491. The molecule has 19 atom stereocenters. The van der Waals surface area contributed by atoms with Gasteiger partial charge in [-0.05, 0) is 124 Å². The lowest BCUT2D eigenvalue weighted by Crippen LogP contribution is -2.72. The Hall–Kier alpha value is -2.35. The van der Waals surface area contributed by atoms with Gasteiger partial charge in [0.05, 0.1) is 53.6 Å². The van der Waals surface area contributed by atoms with E-state index in [9.17, 15) is 30.6 Å². The quantitative estimate of drug-likeness (QED) is 0.153. The maximum absolute atomic E-state index is 15.4. The van der Waals surface area contributed by atoms with Crippen molar-refractivity contribution in [2.24, 2.45) is 62.9 Å². The molecule has 19 unspecified atom stereocenters. The maximum atomic E-state index is 15.4. The van der Waals surface area contributed by atoms with Crippen molar-refractivity contribution in [3.05, 3.63) is 59.5 Å². The second kappa shape index (κ2) is 14.3. The molecule has 10 rings (SSSR count). The first-order chi connectivity index (χ1) is 27.9. The normalized spacial score (nSPS) is 50.3. The molecule has 0 radical (unpaired) electrons. The van der Waals surface area contributed by atoms with Crippen LogP contribution >= 0.6 is 0 Å². The molecule has 10 aliphatic rings. The monoisotopic (exact) mass is 818 g/mol. The van der Waals surface area contributed by atoms with Gasteiger partial charge >= 0.3 is 0 Å². The van der Waals surface area contributed by atoms with E-state index >= 15 is 4.79 Å². The number of hydrogen-bond donors (Lipinski definition) is 9. The van der Waals surface area contributed by atoms with Crippen molar-refractivity contribution in [3.63, 3.8) is 0 Å². The number of ketones is 1. The van der Waals surface area contributed by atoms with E-state index in [2.05, 4.69) is 48.8 Å². The first kappa shape index (κ1) is 42.0. The van der Waals surface area contributed by atoms with Crippen LogP contribution in [0.2, 0.25) is 0 Å². The van der Waals surface area contributed by atoms with Crippen LogP contribution in [0.25, 0.3) is 0 Å². The van der Waals surface area contributed by atoms with Gasteiger partial charge in [-0.25, -0.2) is 0 Å². The van der Waals surface area contributed by atoms with Crippen LogP contribution in [-0.2, 0) is 9.53 Å². The predicted octanol–water partition coefficient (Wildman–Crippen LogP) is 4.03. The van der Waals surface area contributed by atoms with E-state index in [1.807, 2.05) is 25.3 Å². The summed E-state index contributed by atoms with van der Waals surface area (Å²) in [5, 5.41) is 79.5. The third-order valence-electron chi connectivity index (χ3n) is 18.4. The average Bonchev–Trinajstić information content (AvgIpc) is 3.42. The molecule has 0 aromatic carbocycles. The van der Waals surface area contributed by atoms with Gasteiger partial charge in [-0.3, -0.25) is 4.79 Å². The number of rotatable bonds is 9. The Balaban J connectivity index is 1.17. The third-order valence-corrected chi connectivity index (χ3v) is 18.4. The zero-order valence-corrected chi connectivity index (χ0v) is 35.8. The molecule has 11 nitrogen and oxygen atoms in total. The molecular weight excluding hydrogens is 747 g/mol. The molecule has 11 heteroatoms. The summed E-state index contributed by atoms with van der Waals surface area (Å²) in [6, 6.07) is 0. The van der Waals surface area contributed by atoms with Crippen LogP contribution in [-0.4, -0.2) is 97.0 Å². The number of carbonyl (C=O) groups is 1. The summed E-state index contributed by atoms with van der Waals surface area (Å²) in [7, 11) is 0. The zero-order valence-electron chi connectivity index (χ0n) is 35.8. The summed E-state index contributed by atoms with van der Waals surface area (Å²) in [6.45, 7) is 9.93. The van der Waals surface area contributed by atoms with Gasteiger partial charge < -0.3 is 51.7 Å². The van der Waals surface area contributed by atoms with Gasteiger partial charge in [-0.2, -0.15) is 0 Å². The molecule has 10 N–H and O–H groups in total. The summed E-state index contributed by atoms with van der Waals surface area (Å²) < 4.78 is 6.78. The molecule has 326 valence electrons. The number of allylic oxidation sites excluding steroid dienone is 7. The number of Topliss-reactive ketones (excluding diaryl/α,β-unsaturated/α-hetero) is 1. The van der Waals surface area contributed by atoms with Gasteiger partial charge in [-0.1, -0.05) is 70.4 Å². The van der Waals surface area contributed by atoms with Crippen molar-refractivity contribution >= 4 is 5.78 Å². The molecule has 59 heavy (non-hydrogen) atoms. The van der Waals surface area contributed by atoms with Crippen molar-refractivity contribution in [2.75, 3.05) is 6.54 Å². The second-order valence-electron chi connectivity index (χ2n) is 21.4. The Morgan fingerprint density at radius 2 is 1.83 bits per heavy atom. The van der Waals surface area contributed by atoms with Crippen LogP contribution in [0.4, 0.5) is 0 Å². The van der Waals surface area contributed by atoms with Gasteiger partial charge in [0, 0.05) is 34.9 Å². The fourth-order valence-corrected chi connectivity index (χ4v) is 15.5. The highest BCUT2D eigenvalue weighted by Gasteiger charge is 2.79. The number of hydrogen-bond acceptors (Lipinski definition) is 11. The highest BCUT2D eigenvalue weighted by atomic mass is 16.5. The lowest BCUT2D eigenvalue weighted by Gasteiger charge is -2.71. The molecule has 2 bridgehead atoms. The van der Waals surface area contributed by atoms with E-state index in [0.29, 0.717) is 36.7 Å². The molecular formula is C48H71N3O8. The number of ether oxygens (including phenoxy) is 1. The number of aliphatic hydroxyl groups is 6. The van der Waals surface area contributed by atoms with Gasteiger partial charge in [0.2, 0.25) is 0 Å². The van der Waals surface area contributed by atoms with E-state index in [4.69, 9.17) is 10.5 Å². The molecule has 2 heterocycles. The first-order valence-corrected chi connectivity index (χ1v) is 23.0. The number of aliphatic hydroxyl groups excluding tert-OH is 4. The van der Waals surface area contributed by atoms with Crippen molar-refractivity contribution in [3.8, 4) is 0 Å². The third kappa shape index (κ3) is 5.77. The topological polar surface area (TPSA) is 198 Å². The average molecular weight is 818 g/mol. The number of carbonyl (C=O) groups excluding carboxylic acids is 1. The SMILES string of the molecule is CCCC1CCC2OC(C(O)C(C)(O)C3CCC4(O)C5=C(NCC(C)O)C(=O)C6CC(O)C(O)CC67CC6(C8=CNC(N)C=C8)C=CC(CC34C)C57C=C6)C(C)C2CC1. The highest BCUT2D eigenvalue weighted by molar-refractivity contribution is 6.01. The lowest BCUT2D eigenvalue weighted by atomic mass is 9.33. The van der Waals surface area contributed by atoms with Crippen molar-refractivity contribution in [1.29, 1.82) is 0 Å². The summed E-state index contributed by atoms with van der Waals surface area (Å²) in [6.07, 6.45) is 18.3. The molecule has 2 spiro atoms. The van der Waals surface area contributed by atoms with E-state index in [1.165, 1.54) is 12.8 Å². The van der Waals surface area contributed by atoms with E-state index < -0.39 is 75.2 Å². The van der Waals surface area contributed by atoms with Crippen LogP contribution in [0.5, 0.6) is 0 Å². The summed E-state index contributed by atoms with van der Waals surface area (Å²) in [5.41, 5.74) is 1.22. The Kier molecular flexibility index (Phi) is 10.2. The molecule has 8 aliphatic carbocycles. The molecule has 0 amide bonds. The van der Waals surface area contributed by atoms with Crippen LogP contribution in [0, 0.1) is 57.2 Å². The maximum Gasteiger partial charge on any atom is 0.182 e. The minimum atomic E-state index is -1.65.